The predicted octanol–water partition coefficient (Wildman–Crippen LogP) is 4.93. The number of hydrazine groups is 1. The normalized spacial score (nSPS) is 15.1. The van der Waals surface area contributed by atoms with Gasteiger partial charge in [0, 0.05) is 35.8 Å². The molecule has 13 heteroatoms. The molecule has 0 radical (unpaired) electrons. The zero-order valence-electron chi connectivity index (χ0n) is 22.5. The molecule has 0 aliphatic carbocycles. The average Bonchev–Trinajstić information content (AvgIpc) is 2.93. The third-order valence-electron chi connectivity index (χ3n) is 6.51. The summed E-state index contributed by atoms with van der Waals surface area (Å²) in [4.78, 5) is 43.9. The number of anilines is 2. The number of amides is 1. The van der Waals surface area contributed by atoms with E-state index in [4.69, 9.17) is 0 Å². The summed E-state index contributed by atoms with van der Waals surface area (Å²) in [5.41, 5.74) is 4.65. The van der Waals surface area contributed by atoms with Gasteiger partial charge in [-0.2, -0.15) is 18.2 Å². The van der Waals surface area contributed by atoms with Crippen molar-refractivity contribution in [2.45, 2.75) is 33.1 Å². The summed E-state index contributed by atoms with van der Waals surface area (Å²) < 4.78 is 40.6. The first kappa shape index (κ1) is 27.5. The van der Waals surface area contributed by atoms with E-state index in [-0.39, 0.29) is 29.1 Å². The van der Waals surface area contributed by atoms with Crippen LogP contribution in [0.5, 0.6) is 0 Å². The fraction of sp³-hybridized carbons (Fsp3) is 0.214. The molecule has 5 rings (SSSR count). The standard InChI is InChI=1S/C28H25F3N8O2/c1-15-8-9-20(34-25(40)18-6-5-7-19(12-18)28(29,30)31)13-21(15)23-26(41)38(4)24-22(35-23)14-32-27(36-24)37-39-11-10-16(2)33-17(39)3/h5-14,17H,1-4H3,(H,34,40)(H,32,36,37). The zero-order chi connectivity index (χ0) is 29.5. The van der Waals surface area contributed by atoms with Crippen molar-refractivity contribution < 1.29 is 18.0 Å². The van der Waals surface area contributed by atoms with E-state index in [0.717, 1.165) is 17.8 Å². The Morgan fingerprint density at radius 3 is 2.59 bits per heavy atom. The number of hydrogen-bond donors (Lipinski definition) is 2. The van der Waals surface area contributed by atoms with Crippen LogP contribution in [0.3, 0.4) is 0 Å². The average molecular weight is 563 g/mol. The van der Waals surface area contributed by atoms with Crippen LogP contribution in [0.2, 0.25) is 0 Å². The monoisotopic (exact) mass is 562 g/mol. The third kappa shape index (κ3) is 5.64. The topological polar surface area (TPSA) is 117 Å². The molecule has 210 valence electrons. The number of nitrogens with one attached hydrogen (secondary N) is 2. The van der Waals surface area contributed by atoms with E-state index < -0.39 is 23.2 Å². The number of aryl methyl sites for hydroxylation is 2. The van der Waals surface area contributed by atoms with Crippen molar-refractivity contribution in [3.05, 3.63) is 88.0 Å². The van der Waals surface area contributed by atoms with Gasteiger partial charge in [-0.25, -0.2) is 9.97 Å². The van der Waals surface area contributed by atoms with Gasteiger partial charge < -0.3 is 5.32 Å². The summed E-state index contributed by atoms with van der Waals surface area (Å²) in [6.45, 7) is 5.58. The number of aliphatic imine (C=N–C) groups is 1. The number of nitrogens with zero attached hydrogens (tertiary/aromatic N) is 6. The lowest BCUT2D eigenvalue weighted by Gasteiger charge is -2.28. The highest BCUT2D eigenvalue weighted by atomic mass is 19.4. The molecule has 2 aromatic heterocycles. The van der Waals surface area contributed by atoms with Crippen LogP contribution in [0.4, 0.5) is 24.8 Å². The highest BCUT2D eigenvalue weighted by Gasteiger charge is 2.31. The lowest BCUT2D eigenvalue weighted by atomic mass is 10.0. The summed E-state index contributed by atoms with van der Waals surface area (Å²) in [7, 11) is 1.57. The van der Waals surface area contributed by atoms with Crippen LogP contribution in [0, 0.1) is 6.92 Å². The number of rotatable bonds is 5. The second-order valence-corrected chi connectivity index (χ2v) is 9.53. The molecule has 0 fully saturated rings. The smallest absolute Gasteiger partial charge is 0.322 e. The molecule has 1 atom stereocenters. The molecule has 1 amide bonds. The highest BCUT2D eigenvalue weighted by molar-refractivity contribution is 6.04. The van der Waals surface area contributed by atoms with Gasteiger partial charge in [0.1, 0.15) is 17.4 Å². The van der Waals surface area contributed by atoms with Crippen LogP contribution in [0.25, 0.3) is 22.4 Å². The Morgan fingerprint density at radius 2 is 1.85 bits per heavy atom. The van der Waals surface area contributed by atoms with E-state index >= 15 is 0 Å². The lowest BCUT2D eigenvalue weighted by molar-refractivity contribution is -0.137. The van der Waals surface area contributed by atoms with Crippen molar-refractivity contribution in [3.63, 3.8) is 0 Å². The van der Waals surface area contributed by atoms with E-state index in [2.05, 4.69) is 30.7 Å². The fourth-order valence-electron chi connectivity index (χ4n) is 4.30. The van der Waals surface area contributed by atoms with Crippen molar-refractivity contribution in [2.75, 3.05) is 10.7 Å². The summed E-state index contributed by atoms with van der Waals surface area (Å²) in [6.07, 6.45) is 0.396. The van der Waals surface area contributed by atoms with Crippen LogP contribution in [0.15, 0.2) is 70.7 Å². The minimum absolute atomic E-state index is 0.106. The van der Waals surface area contributed by atoms with Crippen LogP contribution in [-0.4, -0.2) is 42.3 Å². The second kappa shape index (κ2) is 10.5. The van der Waals surface area contributed by atoms with Crippen molar-refractivity contribution in [2.24, 2.45) is 12.0 Å². The Bertz CT molecular complexity index is 1800. The van der Waals surface area contributed by atoms with Gasteiger partial charge >= 0.3 is 6.18 Å². The maximum absolute atomic E-state index is 13.4. The maximum Gasteiger partial charge on any atom is 0.416 e. The molecule has 4 aromatic rings. The van der Waals surface area contributed by atoms with Crippen molar-refractivity contribution >= 4 is 34.4 Å². The number of aromatic nitrogens is 4. The lowest BCUT2D eigenvalue weighted by Crippen LogP contribution is -2.35. The van der Waals surface area contributed by atoms with Gasteiger partial charge in [0.05, 0.1) is 11.8 Å². The molecule has 1 aliphatic rings. The Labute approximate surface area is 232 Å². The number of hydrogen-bond acceptors (Lipinski definition) is 8. The summed E-state index contributed by atoms with van der Waals surface area (Å²) >= 11 is 0. The van der Waals surface area contributed by atoms with Gasteiger partial charge in [-0.15, -0.1) is 0 Å². The van der Waals surface area contributed by atoms with Crippen LogP contribution >= 0.6 is 0 Å². The molecule has 10 nitrogen and oxygen atoms in total. The van der Waals surface area contributed by atoms with Gasteiger partial charge in [-0.3, -0.25) is 29.6 Å². The number of alkyl halides is 3. The number of fused-ring (bicyclic) bond motifs is 1. The Morgan fingerprint density at radius 1 is 1.07 bits per heavy atom. The molecular weight excluding hydrogens is 537 g/mol. The summed E-state index contributed by atoms with van der Waals surface area (Å²) in [5.74, 6) is -0.471. The molecule has 3 heterocycles. The largest absolute Gasteiger partial charge is 0.416 e. The van der Waals surface area contributed by atoms with E-state index in [1.165, 1.54) is 22.9 Å². The molecule has 0 spiro atoms. The first-order chi connectivity index (χ1) is 19.4. The minimum Gasteiger partial charge on any atom is -0.322 e. The summed E-state index contributed by atoms with van der Waals surface area (Å²) in [5, 5.41) is 4.34. The molecular formula is C28H25F3N8O2. The number of carbonyl (C=O) groups excluding carboxylic acids is 1. The van der Waals surface area contributed by atoms with E-state index in [1.807, 2.05) is 26.1 Å². The van der Waals surface area contributed by atoms with Gasteiger partial charge in [-0.1, -0.05) is 12.1 Å². The maximum atomic E-state index is 13.4. The van der Waals surface area contributed by atoms with Crippen molar-refractivity contribution in [3.8, 4) is 11.3 Å². The number of halogens is 3. The van der Waals surface area contributed by atoms with Crippen LogP contribution in [-0.2, 0) is 13.2 Å². The molecule has 0 saturated heterocycles. The fourth-order valence-corrected chi connectivity index (χ4v) is 4.30. The second-order valence-electron chi connectivity index (χ2n) is 9.53. The molecule has 2 aromatic carbocycles. The Hall–Kier alpha value is -5.07. The van der Waals surface area contributed by atoms with E-state index in [9.17, 15) is 22.8 Å². The first-order valence-electron chi connectivity index (χ1n) is 12.5. The molecule has 1 aliphatic heterocycles. The van der Waals surface area contributed by atoms with Gasteiger partial charge in [0.15, 0.2) is 5.65 Å². The molecule has 41 heavy (non-hydrogen) atoms. The Kier molecular flexibility index (Phi) is 7.03. The van der Waals surface area contributed by atoms with Crippen molar-refractivity contribution in [1.82, 2.24) is 24.5 Å². The summed E-state index contributed by atoms with van der Waals surface area (Å²) in [6, 6.07) is 8.97. The zero-order valence-corrected chi connectivity index (χ0v) is 22.5. The SMILES string of the molecule is CC1=NC(C)N(Nc2ncc3nc(-c4cc(NC(=O)c5cccc(C(F)(F)F)c5)ccc4C)c(=O)n(C)c3n2)C=C1. The quantitative estimate of drug-likeness (QED) is 0.354. The molecule has 0 saturated carbocycles. The first-order valence-corrected chi connectivity index (χ1v) is 12.5. The van der Waals surface area contributed by atoms with Gasteiger partial charge in [-0.05, 0) is 62.7 Å². The third-order valence-corrected chi connectivity index (χ3v) is 6.51. The number of allylic oxidation sites excluding steroid dienone is 1. The molecule has 2 N–H and O–H groups in total. The van der Waals surface area contributed by atoms with Gasteiger partial charge in [0.2, 0.25) is 5.95 Å². The number of benzene rings is 2. The highest BCUT2D eigenvalue weighted by Crippen LogP contribution is 2.30. The number of carbonyl (C=O) groups is 1. The minimum atomic E-state index is -4.58. The predicted molar refractivity (Wildman–Crippen MR) is 149 cm³/mol. The van der Waals surface area contributed by atoms with E-state index in [1.54, 1.807) is 37.2 Å². The Balaban J connectivity index is 1.45. The molecule has 0 bridgehead atoms. The van der Waals surface area contributed by atoms with Crippen LogP contribution < -0.4 is 16.3 Å². The molecule has 1 unspecified atom stereocenters. The van der Waals surface area contributed by atoms with E-state index in [0.29, 0.717) is 22.3 Å². The van der Waals surface area contributed by atoms with Crippen molar-refractivity contribution in [1.29, 1.82) is 0 Å². The van der Waals surface area contributed by atoms with Crippen LogP contribution in [0.1, 0.15) is 35.3 Å². The van der Waals surface area contributed by atoms with Gasteiger partial charge in [0.25, 0.3) is 11.5 Å².